The summed E-state index contributed by atoms with van der Waals surface area (Å²) in [5, 5.41) is 1.19. The number of hydrogen-bond acceptors (Lipinski definition) is 3. The molecular formula is C18H19NO3. The van der Waals surface area contributed by atoms with Gasteiger partial charge in [0.25, 0.3) is 0 Å². The molecule has 1 fully saturated rings. The molecule has 4 rings (SSSR count). The molecule has 4 nitrogen and oxygen atoms in total. The van der Waals surface area contributed by atoms with Crippen molar-refractivity contribution >= 4 is 16.9 Å². The number of rotatable bonds is 2. The van der Waals surface area contributed by atoms with Crippen molar-refractivity contribution in [2.45, 2.75) is 24.4 Å². The van der Waals surface area contributed by atoms with E-state index in [1.165, 1.54) is 18.1 Å². The number of ether oxygens (including phenoxy) is 2. The van der Waals surface area contributed by atoms with Crippen LogP contribution in [0.3, 0.4) is 0 Å². The summed E-state index contributed by atoms with van der Waals surface area (Å²) in [5.74, 6) is -0.0786. The number of nitrogens with one attached hydrogen (secondary N) is 1. The molecule has 2 aromatic rings. The Morgan fingerprint density at radius 2 is 2.32 bits per heavy atom. The van der Waals surface area contributed by atoms with E-state index in [1.807, 2.05) is 6.20 Å². The molecule has 1 N–H and O–H groups in total. The highest BCUT2D eigenvalue weighted by molar-refractivity contribution is 5.83. The van der Waals surface area contributed by atoms with Crippen LogP contribution in [0.2, 0.25) is 0 Å². The molecule has 0 radical (unpaired) electrons. The van der Waals surface area contributed by atoms with Gasteiger partial charge in [-0.2, -0.15) is 0 Å². The smallest absolute Gasteiger partial charge is 0.308 e. The molecular weight excluding hydrogens is 278 g/mol. The summed E-state index contributed by atoms with van der Waals surface area (Å²) in [6.45, 7) is 0.616. The summed E-state index contributed by atoms with van der Waals surface area (Å²) >= 11 is 0. The fourth-order valence-electron chi connectivity index (χ4n) is 4.07. The van der Waals surface area contributed by atoms with Gasteiger partial charge in [-0.3, -0.25) is 4.79 Å². The monoisotopic (exact) mass is 297 g/mol. The molecule has 22 heavy (non-hydrogen) atoms. The van der Waals surface area contributed by atoms with E-state index in [4.69, 9.17) is 9.47 Å². The Morgan fingerprint density at radius 3 is 3.09 bits per heavy atom. The maximum Gasteiger partial charge on any atom is 0.308 e. The minimum atomic E-state index is -0.377. The fraction of sp³-hybridized carbons (Fsp3) is 0.389. The van der Waals surface area contributed by atoms with Crippen molar-refractivity contribution in [2.75, 3.05) is 13.7 Å². The number of esters is 1. The maximum absolute atomic E-state index is 12.0. The molecule has 4 heteroatoms. The first-order valence-electron chi connectivity index (χ1n) is 7.69. The summed E-state index contributed by atoms with van der Waals surface area (Å²) in [6.07, 6.45) is 7.61. The van der Waals surface area contributed by atoms with E-state index < -0.39 is 0 Å². The van der Waals surface area contributed by atoms with Crippen molar-refractivity contribution in [1.82, 2.24) is 4.98 Å². The third-order valence-electron chi connectivity index (χ3n) is 5.05. The van der Waals surface area contributed by atoms with Crippen LogP contribution in [0.5, 0.6) is 0 Å². The molecule has 2 aliphatic rings. The molecule has 1 aliphatic heterocycles. The lowest BCUT2D eigenvalue weighted by Crippen LogP contribution is -2.30. The Morgan fingerprint density at radius 1 is 1.41 bits per heavy atom. The number of carbonyl (C=O) groups excluding carboxylic acids is 1. The van der Waals surface area contributed by atoms with E-state index in [-0.39, 0.29) is 23.4 Å². The molecule has 1 aromatic heterocycles. The summed E-state index contributed by atoms with van der Waals surface area (Å²) < 4.78 is 11.1. The Labute approximate surface area is 129 Å². The van der Waals surface area contributed by atoms with Gasteiger partial charge in [0.05, 0.1) is 25.2 Å². The van der Waals surface area contributed by atoms with Gasteiger partial charge >= 0.3 is 5.97 Å². The standard InChI is InChI=1S/C18H19NO3/c1-21-17(20)13-10-15(18(11-13)7-3-9-22-18)14-5-2-4-12-6-8-19-16(12)14/h2-8,13,15,19H,9-11H2,1H3. The predicted molar refractivity (Wildman–Crippen MR) is 83.6 cm³/mol. The molecule has 3 atom stereocenters. The lowest BCUT2D eigenvalue weighted by Gasteiger charge is -2.29. The number of hydrogen-bond donors (Lipinski definition) is 1. The lowest BCUT2D eigenvalue weighted by atomic mass is 9.84. The van der Waals surface area contributed by atoms with Crippen molar-refractivity contribution in [2.24, 2.45) is 5.92 Å². The Bertz CT molecular complexity index is 748. The van der Waals surface area contributed by atoms with E-state index in [0.717, 1.165) is 11.9 Å². The van der Waals surface area contributed by atoms with Gasteiger partial charge in [0.2, 0.25) is 0 Å². The number of H-pyrrole nitrogens is 1. The van der Waals surface area contributed by atoms with Crippen molar-refractivity contribution in [3.05, 3.63) is 48.2 Å². The van der Waals surface area contributed by atoms with Crippen LogP contribution in [0.4, 0.5) is 0 Å². The zero-order valence-electron chi connectivity index (χ0n) is 12.5. The van der Waals surface area contributed by atoms with Crippen LogP contribution in [0, 0.1) is 5.92 Å². The van der Waals surface area contributed by atoms with Crippen LogP contribution in [-0.2, 0) is 14.3 Å². The van der Waals surface area contributed by atoms with Gasteiger partial charge in [-0.05, 0) is 29.9 Å². The average molecular weight is 297 g/mol. The highest BCUT2D eigenvalue weighted by atomic mass is 16.5. The molecule has 2 heterocycles. The first kappa shape index (κ1) is 13.6. The van der Waals surface area contributed by atoms with E-state index >= 15 is 0 Å². The second-order valence-electron chi connectivity index (χ2n) is 6.17. The normalized spacial score (nSPS) is 30.4. The maximum atomic E-state index is 12.0. The van der Waals surface area contributed by atoms with E-state index in [0.29, 0.717) is 13.0 Å². The van der Waals surface area contributed by atoms with E-state index in [9.17, 15) is 4.79 Å². The lowest BCUT2D eigenvalue weighted by molar-refractivity contribution is -0.145. The van der Waals surface area contributed by atoms with Crippen LogP contribution in [0.15, 0.2) is 42.6 Å². The molecule has 0 saturated heterocycles. The predicted octanol–water partition coefficient (Wildman–Crippen LogP) is 3.16. The number of fused-ring (bicyclic) bond motifs is 1. The molecule has 1 aliphatic carbocycles. The van der Waals surface area contributed by atoms with Gasteiger partial charge in [-0.25, -0.2) is 0 Å². The van der Waals surface area contributed by atoms with Crippen molar-refractivity contribution in [3.63, 3.8) is 0 Å². The Kier molecular flexibility index (Phi) is 3.08. The van der Waals surface area contributed by atoms with Gasteiger partial charge in [-0.1, -0.05) is 30.4 Å². The second-order valence-corrected chi connectivity index (χ2v) is 6.17. The topological polar surface area (TPSA) is 51.3 Å². The Balaban J connectivity index is 1.80. The highest BCUT2D eigenvalue weighted by Crippen LogP contribution is 2.52. The first-order chi connectivity index (χ1) is 10.7. The number of methoxy groups -OCH3 is 1. The first-order valence-corrected chi connectivity index (χ1v) is 7.69. The third kappa shape index (κ3) is 1.91. The van der Waals surface area contributed by atoms with Crippen LogP contribution in [-0.4, -0.2) is 30.3 Å². The summed E-state index contributed by atoms with van der Waals surface area (Å²) in [6, 6.07) is 8.38. The van der Waals surface area contributed by atoms with Crippen LogP contribution < -0.4 is 0 Å². The quantitative estimate of drug-likeness (QED) is 0.684. The van der Waals surface area contributed by atoms with E-state index in [1.54, 1.807) is 0 Å². The van der Waals surface area contributed by atoms with Crippen molar-refractivity contribution in [3.8, 4) is 0 Å². The Hall–Kier alpha value is -2.07. The molecule has 114 valence electrons. The third-order valence-corrected chi connectivity index (χ3v) is 5.05. The number of para-hydroxylation sites is 1. The molecule has 0 bridgehead atoms. The molecule has 3 unspecified atom stereocenters. The number of aromatic nitrogens is 1. The summed E-state index contributed by atoms with van der Waals surface area (Å²) in [7, 11) is 1.46. The average Bonchev–Trinajstić information content (AvgIpc) is 3.26. The molecule has 1 spiro atoms. The van der Waals surface area contributed by atoms with Gasteiger partial charge in [0.1, 0.15) is 0 Å². The zero-order valence-corrected chi connectivity index (χ0v) is 12.5. The second kappa shape index (κ2) is 4.99. The molecule has 1 aromatic carbocycles. The minimum Gasteiger partial charge on any atom is -0.469 e. The van der Waals surface area contributed by atoms with Crippen molar-refractivity contribution < 1.29 is 14.3 Å². The minimum absolute atomic E-state index is 0.108. The molecule has 1 saturated carbocycles. The number of carbonyl (C=O) groups is 1. The zero-order chi connectivity index (χ0) is 15.2. The highest BCUT2D eigenvalue weighted by Gasteiger charge is 2.51. The molecule has 0 amide bonds. The van der Waals surface area contributed by atoms with Crippen LogP contribution in [0.1, 0.15) is 24.3 Å². The summed E-state index contributed by atoms with van der Waals surface area (Å²) in [4.78, 5) is 15.4. The number of benzene rings is 1. The van der Waals surface area contributed by atoms with Gasteiger partial charge in [0, 0.05) is 17.6 Å². The largest absolute Gasteiger partial charge is 0.469 e. The van der Waals surface area contributed by atoms with E-state index in [2.05, 4.69) is 41.4 Å². The van der Waals surface area contributed by atoms with Gasteiger partial charge in [0.15, 0.2) is 0 Å². The van der Waals surface area contributed by atoms with Gasteiger partial charge < -0.3 is 14.5 Å². The van der Waals surface area contributed by atoms with Crippen LogP contribution in [0.25, 0.3) is 10.9 Å². The summed E-state index contributed by atoms with van der Waals surface area (Å²) in [5.41, 5.74) is 1.99. The van der Waals surface area contributed by atoms with Crippen LogP contribution >= 0.6 is 0 Å². The van der Waals surface area contributed by atoms with Gasteiger partial charge in [-0.15, -0.1) is 0 Å². The van der Waals surface area contributed by atoms with Crippen molar-refractivity contribution in [1.29, 1.82) is 0 Å². The fourth-order valence-corrected chi connectivity index (χ4v) is 4.07. The number of aromatic amines is 1. The SMILES string of the molecule is COC(=O)C1CC(c2cccc3cc[nH]c23)C2(C=CCO2)C1.